The Kier molecular flexibility index (Phi) is 6.70. The van der Waals surface area contributed by atoms with Crippen LogP contribution in [-0.4, -0.2) is 36.3 Å². The second-order valence-corrected chi connectivity index (χ2v) is 11.0. The molecular formula is C33H35N3O. The Labute approximate surface area is 220 Å². The second-order valence-electron chi connectivity index (χ2n) is 11.0. The standard InChI is InChI=1S/C33H35N3O/c1-23-10-12-24(13-11-23)21-36-22-33(2,3)32(37)29(31(36)26-15-18-28(19-16-26)35(4)5)20-27-17-14-25-8-6-7-9-30(25)34-27/h6-20,31H,21-22H2,1-5H3/b29-20-. The quantitative estimate of drug-likeness (QED) is 0.287. The van der Waals surface area contributed by atoms with E-state index in [1.54, 1.807) is 0 Å². The van der Waals surface area contributed by atoms with Gasteiger partial charge in [0.2, 0.25) is 0 Å². The van der Waals surface area contributed by atoms with Crippen molar-refractivity contribution in [3.8, 4) is 0 Å². The summed E-state index contributed by atoms with van der Waals surface area (Å²) in [6.45, 7) is 7.68. The van der Waals surface area contributed by atoms with E-state index < -0.39 is 5.41 Å². The van der Waals surface area contributed by atoms with Gasteiger partial charge >= 0.3 is 0 Å². The summed E-state index contributed by atoms with van der Waals surface area (Å²) in [7, 11) is 4.09. The number of benzene rings is 3. The maximum absolute atomic E-state index is 14.0. The van der Waals surface area contributed by atoms with Crippen LogP contribution in [0.1, 0.15) is 42.3 Å². The fraction of sp³-hybridized carbons (Fsp3) is 0.273. The van der Waals surface area contributed by atoms with Gasteiger partial charge in [-0.1, -0.05) is 80.1 Å². The summed E-state index contributed by atoms with van der Waals surface area (Å²) >= 11 is 0. The molecule has 37 heavy (non-hydrogen) atoms. The molecule has 0 spiro atoms. The van der Waals surface area contributed by atoms with Crippen LogP contribution < -0.4 is 4.90 Å². The second kappa shape index (κ2) is 9.95. The van der Waals surface area contributed by atoms with Gasteiger partial charge in [-0.2, -0.15) is 0 Å². The van der Waals surface area contributed by atoms with E-state index >= 15 is 0 Å². The number of hydrogen-bond acceptors (Lipinski definition) is 4. The van der Waals surface area contributed by atoms with Gasteiger partial charge in [-0.05, 0) is 48.4 Å². The van der Waals surface area contributed by atoms with E-state index in [0.717, 1.165) is 40.0 Å². The van der Waals surface area contributed by atoms with E-state index in [1.807, 2.05) is 44.4 Å². The van der Waals surface area contributed by atoms with Gasteiger partial charge in [0.25, 0.3) is 0 Å². The highest BCUT2D eigenvalue weighted by atomic mass is 16.1. The van der Waals surface area contributed by atoms with Gasteiger partial charge in [0, 0.05) is 49.2 Å². The number of rotatable bonds is 5. The van der Waals surface area contributed by atoms with E-state index in [9.17, 15) is 4.79 Å². The first-order valence-electron chi connectivity index (χ1n) is 12.9. The Morgan fingerprint density at radius 2 is 1.65 bits per heavy atom. The molecule has 1 saturated heterocycles. The molecule has 3 aromatic carbocycles. The highest BCUT2D eigenvalue weighted by Crippen LogP contribution is 2.42. The third kappa shape index (κ3) is 5.21. The number of Topliss-reactive ketones (excluding diaryl/α,β-unsaturated/α-hetero) is 1. The topological polar surface area (TPSA) is 36.4 Å². The molecule has 0 saturated carbocycles. The summed E-state index contributed by atoms with van der Waals surface area (Å²) in [5, 5.41) is 1.09. The highest BCUT2D eigenvalue weighted by Gasteiger charge is 2.44. The molecule has 1 unspecified atom stereocenters. The van der Waals surface area contributed by atoms with Crippen molar-refractivity contribution in [2.24, 2.45) is 5.41 Å². The van der Waals surface area contributed by atoms with Crippen LogP contribution in [0, 0.1) is 12.3 Å². The molecule has 0 bridgehead atoms. The molecule has 1 atom stereocenters. The molecule has 188 valence electrons. The molecule has 1 aromatic heterocycles. The molecule has 0 aliphatic carbocycles. The Morgan fingerprint density at radius 1 is 0.946 bits per heavy atom. The summed E-state index contributed by atoms with van der Waals surface area (Å²) in [5.74, 6) is 0.185. The van der Waals surface area contributed by atoms with Crippen molar-refractivity contribution in [1.29, 1.82) is 0 Å². The Bertz CT molecular complexity index is 1450. The third-order valence-corrected chi connectivity index (χ3v) is 7.29. The predicted molar refractivity (Wildman–Crippen MR) is 154 cm³/mol. The number of pyridine rings is 1. The lowest BCUT2D eigenvalue weighted by molar-refractivity contribution is -0.128. The normalized spacial score (nSPS) is 18.9. The van der Waals surface area contributed by atoms with Gasteiger partial charge < -0.3 is 4.90 Å². The molecule has 0 amide bonds. The molecular weight excluding hydrogens is 454 g/mol. The number of hydrogen-bond donors (Lipinski definition) is 0. The average molecular weight is 490 g/mol. The smallest absolute Gasteiger partial charge is 0.167 e. The van der Waals surface area contributed by atoms with E-state index in [4.69, 9.17) is 4.98 Å². The Hall–Kier alpha value is -3.76. The van der Waals surface area contributed by atoms with E-state index in [2.05, 4.69) is 91.2 Å². The van der Waals surface area contributed by atoms with Crippen molar-refractivity contribution in [3.63, 3.8) is 0 Å². The van der Waals surface area contributed by atoms with E-state index in [0.29, 0.717) is 6.54 Å². The first kappa shape index (κ1) is 24.9. The number of anilines is 1. The first-order chi connectivity index (χ1) is 17.7. The SMILES string of the molecule is Cc1ccc(CN2CC(C)(C)C(=O)/C(=C\c3ccc4ccccc4n3)C2c2ccc(N(C)C)cc2)cc1. The van der Waals surface area contributed by atoms with Crippen LogP contribution in [0.2, 0.25) is 0 Å². The monoisotopic (exact) mass is 489 g/mol. The van der Waals surface area contributed by atoms with Gasteiger partial charge in [-0.15, -0.1) is 0 Å². The van der Waals surface area contributed by atoms with Crippen molar-refractivity contribution in [1.82, 2.24) is 9.88 Å². The van der Waals surface area contributed by atoms with Gasteiger partial charge in [-0.25, -0.2) is 4.98 Å². The number of fused-ring (bicyclic) bond motifs is 1. The van der Waals surface area contributed by atoms with Crippen molar-refractivity contribution in [2.45, 2.75) is 33.4 Å². The minimum absolute atomic E-state index is 0.161. The summed E-state index contributed by atoms with van der Waals surface area (Å²) < 4.78 is 0. The van der Waals surface area contributed by atoms with Crippen LogP contribution in [0.4, 0.5) is 5.69 Å². The predicted octanol–water partition coefficient (Wildman–Crippen LogP) is 6.85. The van der Waals surface area contributed by atoms with E-state index in [-0.39, 0.29) is 11.8 Å². The van der Waals surface area contributed by atoms with E-state index in [1.165, 1.54) is 11.1 Å². The largest absolute Gasteiger partial charge is 0.378 e. The number of para-hydroxylation sites is 1. The van der Waals surface area contributed by atoms with Crippen LogP contribution in [0.15, 0.2) is 90.5 Å². The van der Waals surface area contributed by atoms with Gasteiger partial charge in [0.15, 0.2) is 5.78 Å². The molecule has 1 aliphatic heterocycles. The molecule has 0 N–H and O–H groups in total. The number of carbonyl (C=O) groups is 1. The fourth-order valence-corrected chi connectivity index (χ4v) is 5.27. The van der Waals surface area contributed by atoms with Crippen LogP contribution in [0.25, 0.3) is 17.0 Å². The number of aryl methyl sites for hydroxylation is 1. The van der Waals surface area contributed by atoms with Gasteiger partial charge in [-0.3, -0.25) is 9.69 Å². The van der Waals surface area contributed by atoms with Gasteiger partial charge in [0.1, 0.15) is 0 Å². The fourth-order valence-electron chi connectivity index (χ4n) is 5.27. The summed E-state index contributed by atoms with van der Waals surface area (Å²) in [6.07, 6.45) is 2.02. The van der Waals surface area contributed by atoms with Crippen molar-refractivity contribution >= 4 is 28.4 Å². The van der Waals surface area contributed by atoms with Crippen LogP contribution >= 0.6 is 0 Å². The number of piperidine rings is 1. The lowest BCUT2D eigenvalue weighted by atomic mass is 9.74. The zero-order chi connectivity index (χ0) is 26.2. The van der Waals surface area contributed by atoms with Crippen molar-refractivity contribution < 1.29 is 4.79 Å². The molecule has 4 aromatic rings. The highest BCUT2D eigenvalue weighted by molar-refractivity contribution is 6.05. The zero-order valence-electron chi connectivity index (χ0n) is 22.4. The summed E-state index contributed by atoms with van der Waals surface area (Å²) in [4.78, 5) is 23.4. The lowest BCUT2D eigenvalue weighted by Gasteiger charge is -2.44. The maximum Gasteiger partial charge on any atom is 0.167 e. The molecule has 1 aliphatic rings. The van der Waals surface area contributed by atoms with Gasteiger partial charge in [0.05, 0.1) is 17.3 Å². The minimum atomic E-state index is -0.506. The van der Waals surface area contributed by atoms with Crippen LogP contribution in [0.5, 0.6) is 0 Å². The molecule has 4 nitrogen and oxygen atoms in total. The first-order valence-corrected chi connectivity index (χ1v) is 12.9. The molecule has 1 fully saturated rings. The van der Waals surface area contributed by atoms with Crippen LogP contribution in [0.3, 0.4) is 0 Å². The Morgan fingerprint density at radius 3 is 2.35 bits per heavy atom. The number of likely N-dealkylation sites (tertiary alicyclic amines) is 1. The molecule has 4 heteroatoms. The minimum Gasteiger partial charge on any atom is -0.378 e. The van der Waals surface area contributed by atoms with Crippen molar-refractivity contribution in [3.05, 3.63) is 113 Å². The maximum atomic E-state index is 14.0. The van der Waals surface area contributed by atoms with Crippen molar-refractivity contribution in [2.75, 3.05) is 25.5 Å². The molecule has 0 radical (unpaired) electrons. The number of nitrogens with zero attached hydrogens (tertiary/aromatic N) is 3. The number of carbonyl (C=O) groups excluding carboxylic acids is 1. The Balaban J connectivity index is 1.63. The summed E-state index contributed by atoms with van der Waals surface area (Å²) in [6, 6.07) is 29.3. The molecule has 2 heterocycles. The summed E-state index contributed by atoms with van der Waals surface area (Å²) in [5.41, 5.74) is 6.78. The lowest BCUT2D eigenvalue weighted by Crippen LogP contribution is -2.49. The number of aromatic nitrogens is 1. The number of ketones is 1. The van der Waals surface area contributed by atoms with Crippen LogP contribution in [-0.2, 0) is 11.3 Å². The third-order valence-electron chi connectivity index (χ3n) is 7.29. The molecule has 5 rings (SSSR count). The average Bonchev–Trinajstić information content (AvgIpc) is 2.88. The zero-order valence-corrected chi connectivity index (χ0v) is 22.4.